The predicted octanol–water partition coefficient (Wildman–Crippen LogP) is 2.22. The van der Waals surface area contributed by atoms with Gasteiger partial charge in [0.25, 0.3) is 0 Å². The highest BCUT2D eigenvalue weighted by Crippen LogP contribution is 2.47. The van der Waals surface area contributed by atoms with Crippen LogP contribution in [0.4, 0.5) is 25.4 Å². The Morgan fingerprint density at radius 2 is 1.88 bits per heavy atom. The molecule has 3 saturated heterocycles. The molecule has 2 atom stereocenters. The molecule has 3 N–H and O–H groups in total. The number of anilines is 2. The lowest BCUT2D eigenvalue weighted by Gasteiger charge is -2.52. The Hall–Kier alpha value is -4.48. The number of nitrogens with zero attached hydrogens (tertiary/aromatic N) is 2. The number of carbonyl (C=O) groups excluding carboxylic acids is 5. The van der Waals surface area contributed by atoms with Gasteiger partial charge >= 0.3 is 12.1 Å². The fourth-order valence-electron chi connectivity index (χ4n) is 6.35. The second-order valence-corrected chi connectivity index (χ2v) is 10.7. The van der Waals surface area contributed by atoms with E-state index >= 15 is 4.39 Å². The van der Waals surface area contributed by atoms with E-state index < -0.39 is 47.3 Å². The minimum absolute atomic E-state index is 0.0806. The summed E-state index contributed by atoms with van der Waals surface area (Å²) in [5.74, 6) is -2.02. The van der Waals surface area contributed by atoms with Crippen molar-refractivity contribution in [2.75, 3.05) is 29.4 Å². The number of nitrogens with one attached hydrogen (secondary N) is 3. The Balaban J connectivity index is 1.31. The third-order valence-corrected chi connectivity index (χ3v) is 8.22. The van der Waals surface area contributed by atoms with Crippen molar-refractivity contribution in [3.8, 4) is 11.1 Å². The highest BCUT2D eigenvalue weighted by Gasteiger charge is 2.60. The van der Waals surface area contributed by atoms with Crippen LogP contribution in [-0.2, 0) is 25.5 Å². The number of rotatable bonds is 4. The molecule has 4 aliphatic rings. The van der Waals surface area contributed by atoms with Crippen molar-refractivity contribution in [1.82, 2.24) is 16.0 Å². The summed E-state index contributed by atoms with van der Waals surface area (Å²) >= 11 is 0. The lowest BCUT2D eigenvalue weighted by molar-refractivity contribution is -0.146. The zero-order valence-electron chi connectivity index (χ0n) is 21.8. The molecule has 12 heteroatoms. The molecular weight excluding hydrogens is 521 g/mol. The Labute approximate surface area is 229 Å². The number of piperidine rings is 1. The number of barbiturate groups is 1. The molecule has 6 amide bonds. The van der Waals surface area contributed by atoms with Crippen molar-refractivity contribution in [1.29, 1.82) is 0 Å². The third-order valence-electron chi connectivity index (χ3n) is 8.22. The number of ether oxygens (including phenoxy) is 1. The van der Waals surface area contributed by atoms with Gasteiger partial charge in [0.2, 0.25) is 17.7 Å². The van der Waals surface area contributed by atoms with Crippen LogP contribution < -0.4 is 25.8 Å². The Morgan fingerprint density at radius 1 is 1.10 bits per heavy atom. The largest absolute Gasteiger partial charge is 0.442 e. The van der Waals surface area contributed by atoms with Crippen LogP contribution in [0, 0.1) is 11.2 Å². The standard InChI is InChI=1S/C28H28FN5O6/c1-15(35)30-13-19-14-34(27(39)40-19)18-6-7-20(21(29)11-18)16-5-8-22-17(10-16)12-28(23-4-2-3-9-33(22)23)24(36)31-26(38)32-25(28)37/h5-8,10-11,19,23H,2-4,9,12-14H2,1H3,(H,30,35)(H2,31,32,36,37,38)/t19-,23?/m0/s1. The van der Waals surface area contributed by atoms with Gasteiger partial charge in [0.1, 0.15) is 11.9 Å². The van der Waals surface area contributed by atoms with Gasteiger partial charge in [0.15, 0.2) is 5.41 Å². The number of imide groups is 2. The highest BCUT2D eigenvalue weighted by atomic mass is 19.1. The molecule has 40 heavy (non-hydrogen) atoms. The maximum absolute atomic E-state index is 15.5. The first-order chi connectivity index (χ1) is 19.2. The molecule has 11 nitrogen and oxygen atoms in total. The van der Waals surface area contributed by atoms with Crippen molar-refractivity contribution in [3.63, 3.8) is 0 Å². The van der Waals surface area contributed by atoms with E-state index in [4.69, 9.17) is 4.74 Å². The zero-order valence-corrected chi connectivity index (χ0v) is 21.8. The normalized spacial score (nSPS) is 23.2. The SMILES string of the molecule is CC(=O)NC[C@H]1CN(c2ccc(-c3ccc4c(c3)CC3(C(=O)NC(=O)NC3=O)C3CCCCN43)c(F)c2)C(=O)O1. The predicted molar refractivity (Wildman–Crippen MR) is 141 cm³/mol. The lowest BCUT2D eigenvalue weighted by atomic mass is 9.66. The summed E-state index contributed by atoms with van der Waals surface area (Å²) in [6.07, 6.45) is 1.31. The first-order valence-corrected chi connectivity index (χ1v) is 13.3. The lowest BCUT2D eigenvalue weighted by Crippen LogP contribution is -2.71. The van der Waals surface area contributed by atoms with Gasteiger partial charge in [0, 0.05) is 24.7 Å². The van der Waals surface area contributed by atoms with E-state index in [1.165, 1.54) is 17.9 Å². The van der Waals surface area contributed by atoms with Crippen LogP contribution in [0.25, 0.3) is 11.1 Å². The van der Waals surface area contributed by atoms with Gasteiger partial charge < -0.3 is 15.0 Å². The molecular formula is C28H28FN5O6. The van der Waals surface area contributed by atoms with E-state index in [1.807, 2.05) is 6.07 Å². The average molecular weight is 550 g/mol. The number of benzene rings is 2. The summed E-state index contributed by atoms with van der Waals surface area (Å²) in [6.45, 7) is 2.36. The van der Waals surface area contributed by atoms with E-state index in [1.54, 1.807) is 24.3 Å². The highest BCUT2D eigenvalue weighted by molar-refractivity contribution is 6.20. The minimum Gasteiger partial charge on any atom is -0.442 e. The van der Waals surface area contributed by atoms with E-state index in [9.17, 15) is 24.0 Å². The van der Waals surface area contributed by atoms with Gasteiger partial charge in [-0.1, -0.05) is 6.07 Å². The Morgan fingerprint density at radius 3 is 2.60 bits per heavy atom. The molecule has 1 unspecified atom stereocenters. The van der Waals surface area contributed by atoms with Gasteiger partial charge in [-0.2, -0.15) is 0 Å². The number of cyclic esters (lactones) is 1. The van der Waals surface area contributed by atoms with Gasteiger partial charge in [-0.25, -0.2) is 14.0 Å². The molecule has 208 valence electrons. The molecule has 0 radical (unpaired) electrons. The second kappa shape index (κ2) is 9.61. The molecule has 3 fully saturated rings. The Bertz CT molecular complexity index is 1440. The molecule has 6 rings (SSSR count). The number of halogens is 1. The minimum atomic E-state index is -1.47. The van der Waals surface area contributed by atoms with E-state index in [0.717, 1.165) is 18.5 Å². The second-order valence-electron chi connectivity index (χ2n) is 10.7. The van der Waals surface area contributed by atoms with Crippen molar-refractivity contribution in [3.05, 3.63) is 47.8 Å². The Kier molecular flexibility index (Phi) is 6.20. The maximum Gasteiger partial charge on any atom is 0.414 e. The van der Waals surface area contributed by atoms with Crippen molar-refractivity contribution in [2.24, 2.45) is 5.41 Å². The third kappa shape index (κ3) is 4.14. The van der Waals surface area contributed by atoms with Crippen LogP contribution in [0.15, 0.2) is 36.4 Å². The van der Waals surface area contributed by atoms with Crippen LogP contribution in [0.5, 0.6) is 0 Å². The summed E-state index contributed by atoms with van der Waals surface area (Å²) < 4.78 is 20.7. The fourth-order valence-corrected chi connectivity index (χ4v) is 6.35. The number of urea groups is 1. The van der Waals surface area contributed by atoms with Gasteiger partial charge in [-0.05, 0) is 67.1 Å². The fraction of sp³-hybridized carbons (Fsp3) is 0.393. The molecule has 2 aromatic carbocycles. The summed E-state index contributed by atoms with van der Waals surface area (Å²) in [4.78, 5) is 65.2. The van der Waals surface area contributed by atoms with E-state index in [2.05, 4.69) is 20.9 Å². The first kappa shape index (κ1) is 25.8. The smallest absolute Gasteiger partial charge is 0.414 e. The topological polar surface area (TPSA) is 137 Å². The van der Waals surface area contributed by atoms with Crippen LogP contribution in [0.2, 0.25) is 0 Å². The van der Waals surface area contributed by atoms with Gasteiger partial charge in [-0.3, -0.25) is 29.9 Å². The summed E-state index contributed by atoms with van der Waals surface area (Å²) in [6, 6.07) is 8.71. The van der Waals surface area contributed by atoms with Gasteiger partial charge in [-0.15, -0.1) is 0 Å². The van der Waals surface area contributed by atoms with E-state index in [-0.39, 0.29) is 31.0 Å². The summed E-state index contributed by atoms with van der Waals surface area (Å²) in [5, 5.41) is 7.17. The summed E-state index contributed by atoms with van der Waals surface area (Å²) in [5.41, 5.74) is 1.29. The van der Waals surface area contributed by atoms with Gasteiger partial charge in [0.05, 0.1) is 24.8 Å². The molecule has 0 bridgehead atoms. The molecule has 4 aliphatic heterocycles. The van der Waals surface area contributed by atoms with Crippen molar-refractivity contribution in [2.45, 2.75) is 44.8 Å². The maximum atomic E-state index is 15.5. The van der Waals surface area contributed by atoms with Crippen molar-refractivity contribution >= 4 is 41.2 Å². The van der Waals surface area contributed by atoms with Crippen LogP contribution >= 0.6 is 0 Å². The number of amides is 6. The number of carbonyl (C=O) groups is 5. The molecule has 2 aromatic rings. The first-order valence-electron chi connectivity index (χ1n) is 13.3. The number of fused-ring (bicyclic) bond motifs is 4. The number of hydrogen-bond donors (Lipinski definition) is 3. The van der Waals surface area contributed by atoms with Crippen LogP contribution in [0.3, 0.4) is 0 Å². The monoisotopic (exact) mass is 549 g/mol. The number of hydrogen-bond acceptors (Lipinski definition) is 7. The molecule has 0 aromatic heterocycles. The average Bonchev–Trinajstić information content (AvgIpc) is 3.30. The molecule has 0 saturated carbocycles. The van der Waals surface area contributed by atoms with E-state index in [0.29, 0.717) is 29.8 Å². The molecule has 4 heterocycles. The van der Waals surface area contributed by atoms with Crippen LogP contribution in [-0.4, -0.2) is 61.6 Å². The molecule has 1 spiro atoms. The molecule has 0 aliphatic carbocycles. The van der Waals surface area contributed by atoms with Crippen molar-refractivity contribution < 1.29 is 33.1 Å². The zero-order chi connectivity index (χ0) is 28.2. The van der Waals surface area contributed by atoms with Crippen LogP contribution in [0.1, 0.15) is 31.7 Å². The summed E-state index contributed by atoms with van der Waals surface area (Å²) in [7, 11) is 0. The quantitative estimate of drug-likeness (QED) is 0.498.